The highest BCUT2D eigenvalue weighted by molar-refractivity contribution is 5.82. The first-order valence-corrected chi connectivity index (χ1v) is 8.80. The average molecular weight is 325 g/mol. The molecule has 24 heavy (non-hydrogen) atoms. The van der Waals surface area contributed by atoms with Crippen LogP contribution in [0.5, 0.6) is 0 Å². The molecule has 1 saturated heterocycles. The largest absolute Gasteiger partial charge is 0.349 e. The van der Waals surface area contributed by atoms with Gasteiger partial charge in [-0.1, -0.05) is 23.4 Å². The molecule has 0 bridgehead atoms. The molecule has 4 rings (SSSR count). The number of benzene rings is 1. The van der Waals surface area contributed by atoms with Gasteiger partial charge in [0.15, 0.2) is 0 Å². The Labute approximate surface area is 141 Å². The van der Waals surface area contributed by atoms with Crippen LogP contribution in [0.3, 0.4) is 0 Å². The van der Waals surface area contributed by atoms with E-state index < -0.39 is 0 Å². The lowest BCUT2D eigenvalue weighted by atomic mass is 10.1. The third-order valence-electron chi connectivity index (χ3n) is 4.88. The minimum absolute atomic E-state index is 0.0525. The summed E-state index contributed by atoms with van der Waals surface area (Å²) in [6.45, 7) is 2.54. The molecule has 1 aromatic carbocycles. The van der Waals surface area contributed by atoms with Crippen LogP contribution < -0.4 is 5.32 Å². The van der Waals surface area contributed by atoms with E-state index in [9.17, 15) is 4.79 Å². The van der Waals surface area contributed by atoms with Gasteiger partial charge in [-0.15, -0.1) is 5.10 Å². The van der Waals surface area contributed by atoms with E-state index in [0.29, 0.717) is 12.5 Å². The number of carbonyl (C=O) groups excluding carboxylic acids is 1. The molecule has 0 radical (unpaired) electrons. The maximum atomic E-state index is 12.7. The van der Waals surface area contributed by atoms with Gasteiger partial charge in [0.05, 0.1) is 24.5 Å². The second kappa shape index (κ2) is 6.73. The van der Waals surface area contributed by atoms with Gasteiger partial charge >= 0.3 is 0 Å². The maximum Gasteiger partial charge on any atom is 0.237 e. The maximum absolute atomic E-state index is 12.7. The molecule has 0 unspecified atom stereocenters. The normalized spacial score (nSPS) is 19.3. The van der Waals surface area contributed by atoms with Crippen molar-refractivity contribution in [3.63, 3.8) is 0 Å². The number of amides is 1. The van der Waals surface area contributed by atoms with E-state index in [1.807, 2.05) is 36.5 Å². The zero-order valence-corrected chi connectivity index (χ0v) is 13.8. The van der Waals surface area contributed by atoms with Crippen molar-refractivity contribution in [1.82, 2.24) is 25.2 Å². The highest BCUT2D eigenvalue weighted by Gasteiger charge is 2.40. The molecule has 126 valence electrons. The van der Waals surface area contributed by atoms with Crippen LogP contribution in [0.4, 0.5) is 0 Å². The Bertz CT molecular complexity index is 688. The first-order chi connectivity index (χ1) is 11.8. The third-order valence-corrected chi connectivity index (χ3v) is 4.88. The van der Waals surface area contributed by atoms with Crippen LogP contribution in [0.25, 0.3) is 5.69 Å². The highest BCUT2D eigenvalue weighted by atomic mass is 16.2. The topological polar surface area (TPSA) is 63.1 Å². The van der Waals surface area contributed by atoms with Gasteiger partial charge in [-0.25, -0.2) is 4.68 Å². The Morgan fingerprint density at radius 2 is 1.96 bits per heavy atom. The number of hydrogen-bond acceptors (Lipinski definition) is 4. The summed E-state index contributed by atoms with van der Waals surface area (Å²) in [6, 6.07) is 9.92. The molecule has 2 aromatic rings. The highest BCUT2D eigenvalue weighted by Crippen LogP contribution is 2.36. The predicted molar refractivity (Wildman–Crippen MR) is 90.5 cm³/mol. The Kier molecular flexibility index (Phi) is 4.30. The fourth-order valence-corrected chi connectivity index (χ4v) is 3.48. The van der Waals surface area contributed by atoms with E-state index in [2.05, 4.69) is 20.5 Å². The van der Waals surface area contributed by atoms with Gasteiger partial charge in [-0.2, -0.15) is 0 Å². The number of likely N-dealkylation sites (tertiary alicyclic amines) is 1. The summed E-state index contributed by atoms with van der Waals surface area (Å²) in [5, 5.41) is 11.4. The smallest absolute Gasteiger partial charge is 0.237 e. The molecule has 1 saturated carbocycles. The van der Waals surface area contributed by atoms with Crippen molar-refractivity contribution >= 4 is 5.91 Å². The summed E-state index contributed by atoms with van der Waals surface area (Å²) in [5.74, 6) is 0.691. The fraction of sp³-hybridized carbons (Fsp3) is 0.500. The molecule has 1 aliphatic heterocycles. The van der Waals surface area contributed by atoms with Crippen molar-refractivity contribution in [3.8, 4) is 5.69 Å². The zero-order valence-electron chi connectivity index (χ0n) is 13.8. The van der Waals surface area contributed by atoms with Gasteiger partial charge in [-0.3, -0.25) is 9.69 Å². The molecule has 2 heterocycles. The molecule has 1 aliphatic carbocycles. The molecule has 2 fully saturated rings. The molecular formula is C18H23N5O. The van der Waals surface area contributed by atoms with Crippen LogP contribution in [0.2, 0.25) is 0 Å². The van der Waals surface area contributed by atoms with Crippen molar-refractivity contribution < 1.29 is 4.79 Å². The van der Waals surface area contributed by atoms with E-state index in [0.717, 1.165) is 24.5 Å². The third kappa shape index (κ3) is 3.33. The first-order valence-electron chi connectivity index (χ1n) is 8.80. The number of aromatic nitrogens is 3. The fourth-order valence-electron chi connectivity index (χ4n) is 3.48. The summed E-state index contributed by atoms with van der Waals surface area (Å²) in [6.07, 6.45) is 6.65. The van der Waals surface area contributed by atoms with E-state index in [-0.39, 0.29) is 11.9 Å². The molecule has 1 N–H and O–H groups in total. The number of para-hydroxylation sites is 1. The molecule has 1 aromatic heterocycles. The van der Waals surface area contributed by atoms with E-state index >= 15 is 0 Å². The number of nitrogens with zero attached hydrogens (tertiary/aromatic N) is 4. The lowest BCUT2D eigenvalue weighted by Gasteiger charge is -2.26. The summed E-state index contributed by atoms with van der Waals surface area (Å²) in [5.41, 5.74) is 1.75. The van der Waals surface area contributed by atoms with Crippen LogP contribution in [-0.4, -0.2) is 44.9 Å². The quantitative estimate of drug-likeness (QED) is 0.879. The molecular weight excluding hydrogens is 302 g/mol. The monoisotopic (exact) mass is 325 g/mol. The minimum atomic E-state index is 0.0525. The van der Waals surface area contributed by atoms with E-state index in [4.69, 9.17) is 0 Å². The Morgan fingerprint density at radius 3 is 2.67 bits per heavy atom. The van der Waals surface area contributed by atoms with Crippen LogP contribution >= 0.6 is 0 Å². The Hall–Kier alpha value is -2.21. The van der Waals surface area contributed by atoms with Crippen molar-refractivity contribution in [2.45, 2.75) is 38.3 Å². The Balaban J connectivity index is 1.37. The van der Waals surface area contributed by atoms with Crippen molar-refractivity contribution in [2.75, 3.05) is 13.1 Å². The summed E-state index contributed by atoms with van der Waals surface area (Å²) in [7, 11) is 0. The van der Waals surface area contributed by atoms with Gasteiger partial charge in [-0.05, 0) is 56.8 Å². The number of carbonyl (C=O) groups is 1. The number of rotatable bonds is 6. The minimum Gasteiger partial charge on any atom is -0.349 e. The standard InChI is InChI=1S/C18H23N5O/c24-18(17(14-8-9-14)22-10-4-5-11-22)19-12-15-13-23(21-20-15)16-6-2-1-3-7-16/h1-3,6-7,13-14,17H,4-5,8-12H2,(H,19,24)/t17-/m0/s1. The second-order valence-electron chi connectivity index (χ2n) is 6.73. The van der Waals surface area contributed by atoms with Crippen LogP contribution in [-0.2, 0) is 11.3 Å². The molecule has 0 spiro atoms. The van der Waals surface area contributed by atoms with Gasteiger partial charge in [0.25, 0.3) is 0 Å². The Morgan fingerprint density at radius 1 is 1.21 bits per heavy atom. The first kappa shape index (κ1) is 15.3. The summed E-state index contributed by atoms with van der Waals surface area (Å²) >= 11 is 0. The molecule has 6 nitrogen and oxygen atoms in total. The predicted octanol–water partition coefficient (Wildman–Crippen LogP) is 1.76. The number of hydrogen-bond donors (Lipinski definition) is 1. The lowest BCUT2D eigenvalue weighted by molar-refractivity contribution is -0.127. The second-order valence-corrected chi connectivity index (χ2v) is 6.73. The summed E-state index contributed by atoms with van der Waals surface area (Å²) in [4.78, 5) is 15.0. The van der Waals surface area contributed by atoms with Crippen molar-refractivity contribution in [2.24, 2.45) is 5.92 Å². The van der Waals surface area contributed by atoms with Crippen LogP contribution in [0.15, 0.2) is 36.5 Å². The van der Waals surface area contributed by atoms with Gasteiger partial charge in [0.1, 0.15) is 5.69 Å². The van der Waals surface area contributed by atoms with Gasteiger partial charge in [0, 0.05) is 0 Å². The van der Waals surface area contributed by atoms with Gasteiger partial charge < -0.3 is 5.32 Å². The number of nitrogens with one attached hydrogen (secondary N) is 1. The zero-order chi connectivity index (χ0) is 16.4. The average Bonchev–Trinajstić information content (AvgIpc) is 3.11. The van der Waals surface area contributed by atoms with Crippen molar-refractivity contribution in [3.05, 3.63) is 42.2 Å². The molecule has 1 amide bonds. The van der Waals surface area contributed by atoms with Gasteiger partial charge in [0.2, 0.25) is 5.91 Å². The van der Waals surface area contributed by atoms with Crippen molar-refractivity contribution in [1.29, 1.82) is 0 Å². The molecule has 6 heteroatoms. The molecule has 1 atom stereocenters. The van der Waals surface area contributed by atoms with E-state index in [1.54, 1.807) is 4.68 Å². The van der Waals surface area contributed by atoms with Crippen LogP contribution in [0.1, 0.15) is 31.4 Å². The molecule has 2 aliphatic rings. The van der Waals surface area contributed by atoms with Crippen LogP contribution in [0, 0.1) is 5.92 Å². The van der Waals surface area contributed by atoms with E-state index in [1.165, 1.54) is 25.7 Å². The SMILES string of the molecule is O=C(NCc1cn(-c2ccccc2)nn1)[C@H](C1CC1)N1CCCC1. The summed E-state index contributed by atoms with van der Waals surface area (Å²) < 4.78 is 1.74. The lowest BCUT2D eigenvalue weighted by Crippen LogP contribution is -2.47.